The lowest BCUT2D eigenvalue weighted by atomic mass is 10.1. The maximum Gasteiger partial charge on any atom is 0.300 e. The van der Waals surface area contributed by atoms with E-state index in [1.807, 2.05) is 38.2 Å². The minimum atomic E-state index is -0.177. The Balaban J connectivity index is 2.12. The molecule has 3 rings (SSSR count). The fourth-order valence-electron chi connectivity index (χ4n) is 2.18. The molecular weight excluding hydrogens is 296 g/mol. The van der Waals surface area contributed by atoms with Crippen LogP contribution in [0, 0.1) is 13.8 Å². The van der Waals surface area contributed by atoms with E-state index in [1.165, 1.54) is 17.3 Å². The molecule has 0 unspecified atom stereocenters. The van der Waals surface area contributed by atoms with Crippen LogP contribution in [-0.2, 0) is 0 Å². The van der Waals surface area contributed by atoms with Crippen molar-refractivity contribution in [3.63, 3.8) is 0 Å². The summed E-state index contributed by atoms with van der Waals surface area (Å²) >= 11 is 1.49. The summed E-state index contributed by atoms with van der Waals surface area (Å²) in [4.78, 5) is 12.6. The second-order valence-electron chi connectivity index (χ2n) is 5.02. The molecule has 5 nitrogen and oxygen atoms in total. The fourth-order valence-corrected chi connectivity index (χ4v) is 2.83. The van der Waals surface area contributed by atoms with Crippen molar-refractivity contribution in [1.29, 1.82) is 0 Å². The van der Waals surface area contributed by atoms with E-state index in [9.17, 15) is 4.79 Å². The number of hydrogen-bond donors (Lipinski definition) is 0. The van der Waals surface area contributed by atoms with Gasteiger partial charge in [0.2, 0.25) is 5.65 Å². The van der Waals surface area contributed by atoms with Crippen LogP contribution in [-0.4, -0.2) is 24.9 Å². The minimum Gasteiger partial charge on any atom is -0.280 e. The first kappa shape index (κ1) is 14.6. The summed E-state index contributed by atoms with van der Waals surface area (Å²) in [5.74, 6) is 0.723. The lowest BCUT2D eigenvalue weighted by Crippen LogP contribution is -2.20. The molecule has 0 radical (unpaired) electrons. The third-order valence-corrected chi connectivity index (χ3v) is 4.48. The third kappa shape index (κ3) is 2.46. The van der Waals surface area contributed by atoms with Crippen molar-refractivity contribution in [3.8, 4) is 5.69 Å². The Bertz CT molecular complexity index is 910. The van der Waals surface area contributed by atoms with Gasteiger partial charge in [0, 0.05) is 23.8 Å². The first-order valence-corrected chi connectivity index (χ1v) is 7.88. The molecule has 0 saturated carbocycles. The second kappa shape index (κ2) is 5.81. The molecule has 0 aliphatic carbocycles. The summed E-state index contributed by atoms with van der Waals surface area (Å²) in [6.07, 6.45) is 5.36. The molecule has 0 aliphatic rings. The molecule has 1 aromatic carbocycles. The van der Waals surface area contributed by atoms with Crippen LogP contribution in [0.5, 0.6) is 0 Å². The molecule has 3 aromatic rings. The van der Waals surface area contributed by atoms with Crippen LogP contribution in [0.3, 0.4) is 0 Å². The van der Waals surface area contributed by atoms with Crippen LogP contribution in [0.15, 0.2) is 53.2 Å². The first-order valence-electron chi connectivity index (χ1n) is 6.89. The largest absolute Gasteiger partial charge is 0.300 e. The van der Waals surface area contributed by atoms with E-state index in [0.29, 0.717) is 10.8 Å². The molecule has 6 heteroatoms. The van der Waals surface area contributed by atoms with Gasteiger partial charge >= 0.3 is 5.56 Å². The maximum absolute atomic E-state index is 12.6. The zero-order valence-corrected chi connectivity index (χ0v) is 13.3. The zero-order chi connectivity index (χ0) is 15.7. The number of thioether (sulfide) groups is 1. The van der Waals surface area contributed by atoms with Gasteiger partial charge in [0.25, 0.3) is 0 Å². The first-order chi connectivity index (χ1) is 10.6. The standard InChI is InChI=1S/C16H16N4OS/c1-4-9-22-16-18-17-14-15(21)19(7-8-20(14)16)13-6-5-11(2)12(3)10-13/h4-8,10H,1,9H2,2-3H3. The van der Waals surface area contributed by atoms with E-state index in [2.05, 4.69) is 16.8 Å². The van der Waals surface area contributed by atoms with Gasteiger partial charge in [0.1, 0.15) is 0 Å². The molecule has 0 saturated heterocycles. The monoisotopic (exact) mass is 312 g/mol. The third-order valence-electron chi connectivity index (χ3n) is 3.54. The zero-order valence-electron chi connectivity index (χ0n) is 12.5. The van der Waals surface area contributed by atoms with Crippen LogP contribution in [0.25, 0.3) is 11.3 Å². The summed E-state index contributed by atoms with van der Waals surface area (Å²) in [5.41, 5.74) is 3.33. The molecule has 2 aromatic heterocycles. The quantitative estimate of drug-likeness (QED) is 0.549. The molecule has 0 aliphatic heterocycles. The summed E-state index contributed by atoms with van der Waals surface area (Å²) in [7, 11) is 0. The van der Waals surface area contributed by atoms with Gasteiger partial charge in [-0.15, -0.1) is 16.8 Å². The lowest BCUT2D eigenvalue weighted by molar-refractivity contribution is 0.893. The van der Waals surface area contributed by atoms with Gasteiger partial charge < -0.3 is 0 Å². The van der Waals surface area contributed by atoms with Crippen molar-refractivity contribution >= 4 is 17.4 Å². The summed E-state index contributed by atoms with van der Waals surface area (Å²) < 4.78 is 3.31. The highest BCUT2D eigenvalue weighted by molar-refractivity contribution is 7.99. The molecule has 0 amide bonds. The van der Waals surface area contributed by atoms with Gasteiger partial charge in [-0.25, -0.2) is 0 Å². The Hall–Kier alpha value is -2.34. The fraction of sp³-hybridized carbons (Fsp3) is 0.188. The number of hydrogen-bond acceptors (Lipinski definition) is 4. The van der Waals surface area contributed by atoms with Crippen molar-refractivity contribution in [3.05, 3.63) is 64.7 Å². The highest BCUT2D eigenvalue weighted by atomic mass is 32.2. The van der Waals surface area contributed by atoms with Crippen LogP contribution in [0.1, 0.15) is 11.1 Å². The Morgan fingerprint density at radius 2 is 2.05 bits per heavy atom. The molecule has 0 bridgehead atoms. The number of fused-ring (bicyclic) bond motifs is 1. The molecule has 0 N–H and O–H groups in total. The number of rotatable bonds is 4. The predicted octanol–water partition coefficient (Wildman–Crippen LogP) is 2.78. The van der Waals surface area contributed by atoms with E-state index in [1.54, 1.807) is 21.2 Å². The predicted molar refractivity (Wildman–Crippen MR) is 89.0 cm³/mol. The lowest BCUT2D eigenvalue weighted by Gasteiger charge is -2.08. The van der Waals surface area contributed by atoms with Gasteiger partial charge in [-0.1, -0.05) is 23.9 Å². The highest BCUT2D eigenvalue weighted by Gasteiger charge is 2.11. The molecule has 2 heterocycles. The Kier molecular flexibility index (Phi) is 3.85. The molecule has 0 fully saturated rings. The van der Waals surface area contributed by atoms with Crippen molar-refractivity contribution in [2.24, 2.45) is 0 Å². The number of benzene rings is 1. The maximum atomic E-state index is 12.6. The summed E-state index contributed by atoms with van der Waals surface area (Å²) in [6, 6.07) is 5.94. The van der Waals surface area contributed by atoms with Gasteiger partial charge in [-0.3, -0.25) is 13.8 Å². The number of aryl methyl sites for hydroxylation is 2. The van der Waals surface area contributed by atoms with Crippen molar-refractivity contribution < 1.29 is 0 Å². The second-order valence-corrected chi connectivity index (χ2v) is 6.00. The van der Waals surface area contributed by atoms with E-state index in [4.69, 9.17) is 0 Å². The molecule has 22 heavy (non-hydrogen) atoms. The molecule has 0 atom stereocenters. The topological polar surface area (TPSA) is 52.2 Å². The van der Waals surface area contributed by atoms with Gasteiger partial charge in [0.15, 0.2) is 5.16 Å². The summed E-state index contributed by atoms with van der Waals surface area (Å²) in [6.45, 7) is 7.76. The van der Waals surface area contributed by atoms with Crippen molar-refractivity contribution in [1.82, 2.24) is 19.2 Å². The smallest absolute Gasteiger partial charge is 0.280 e. The van der Waals surface area contributed by atoms with E-state index in [-0.39, 0.29) is 5.56 Å². The number of nitrogens with zero attached hydrogens (tertiary/aromatic N) is 4. The molecule has 112 valence electrons. The number of aromatic nitrogens is 4. The SMILES string of the molecule is C=CCSc1nnc2c(=O)n(-c3ccc(C)c(C)c3)ccn12. The molecule has 0 spiro atoms. The van der Waals surface area contributed by atoms with E-state index in [0.717, 1.165) is 17.0 Å². The van der Waals surface area contributed by atoms with Gasteiger partial charge in [-0.2, -0.15) is 0 Å². The van der Waals surface area contributed by atoms with Crippen LogP contribution >= 0.6 is 11.8 Å². The van der Waals surface area contributed by atoms with E-state index >= 15 is 0 Å². The van der Waals surface area contributed by atoms with Crippen molar-refractivity contribution in [2.45, 2.75) is 19.0 Å². The Morgan fingerprint density at radius 1 is 1.23 bits per heavy atom. The van der Waals surface area contributed by atoms with Crippen molar-refractivity contribution in [2.75, 3.05) is 5.75 Å². The Labute approximate surface area is 132 Å². The van der Waals surface area contributed by atoms with Crippen LogP contribution in [0.4, 0.5) is 0 Å². The Morgan fingerprint density at radius 3 is 2.77 bits per heavy atom. The van der Waals surface area contributed by atoms with Gasteiger partial charge in [-0.05, 0) is 37.1 Å². The van der Waals surface area contributed by atoms with Gasteiger partial charge in [0.05, 0.1) is 0 Å². The normalized spacial score (nSPS) is 11.0. The van der Waals surface area contributed by atoms with E-state index < -0.39 is 0 Å². The van der Waals surface area contributed by atoms with Crippen LogP contribution in [0.2, 0.25) is 0 Å². The highest BCUT2D eigenvalue weighted by Crippen LogP contribution is 2.16. The summed E-state index contributed by atoms with van der Waals surface area (Å²) in [5, 5.41) is 8.79. The average molecular weight is 312 g/mol. The minimum absolute atomic E-state index is 0.177. The average Bonchev–Trinajstić information content (AvgIpc) is 2.92. The van der Waals surface area contributed by atoms with Crippen LogP contribution < -0.4 is 5.56 Å². The molecular formula is C16H16N4OS.